The molecule has 0 aromatic carbocycles. The molecule has 7 nitrogen and oxygen atoms in total. The van der Waals surface area contributed by atoms with Crippen molar-refractivity contribution in [2.75, 3.05) is 6.54 Å². The minimum atomic E-state index is -0.0555. The van der Waals surface area contributed by atoms with Gasteiger partial charge in [0.05, 0.1) is 13.1 Å². The van der Waals surface area contributed by atoms with Crippen LogP contribution in [0.15, 0.2) is 6.07 Å². The van der Waals surface area contributed by atoms with Gasteiger partial charge in [-0.2, -0.15) is 10.2 Å². The molecule has 0 unspecified atom stereocenters. The standard InChI is InChI=1S/C13H18N6O/c1-8(2)10-6-11(16-15-10)13(20)18-4-5-19-12(7-18)14-9(3)17-19/h6,8H,4-5,7H2,1-3H3,(H,15,16). The molecule has 0 spiro atoms. The predicted octanol–water partition coefficient (Wildman–Crippen LogP) is 1.09. The number of nitrogens with zero attached hydrogens (tertiary/aromatic N) is 5. The van der Waals surface area contributed by atoms with Gasteiger partial charge in [-0.05, 0) is 18.9 Å². The number of H-pyrrole nitrogens is 1. The molecule has 2 aromatic rings. The van der Waals surface area contributed by atoms with Crippen LogP contribution in [-0.2, 0) is 13.1 Å². The zero-order valence-corrected chi connectivity index (χ0v) is 11.9. The summed E-state index contributed by atoms with van der Waals surface area (Å²) in [4.78, 5) is 18.5. The van der Waals surface area contributed by atoms with Crippen molar-refractivity contribution in [3.63, 3.8) is 0 Å². The number of rotatable bonds is 2. The number of amides is 1. The van der Waals surface area contributed by atoms with Gasteiger partial charge in [0, 0.05) is 12.2 Å². The van der Waals surface area contributed by atoms with Crippen LogP contribution in [0.2, 0.25) is 0 Å². The van der Waals surface area contributed by atoms with E-state index in [4.69, 9.17) is 0 Å². The third-order valence-electron chi connectivity index (χ3n) is 3.49. The normalized spacial score (nSPS) is 14.7. The van der Waals surface area contributed by atoms with Crippen LogP contribution in [0.25, 0.3) is 0 Å². The number of fused-ring (bicyclic) bond motifs is 1. The summed E-state index contributed by atoms with van der Waals surface area (Å²) in [7, 11) is 0. The molecule has 20 heavy (non-hydrogen) atoms. The number of hydrogen-bond acceptors (Lipinski definition) is 4. The van der Waals surface area contributed by atoms with Crippen molar-refractivity contribution in [3.8, 4) is 0 Å². The molecular weight excluding hydrogens is 256 g/mol. The number of carbonyl (C=O) groups excluding carboxylic acids is 1. The average molecular weight is 274 g/mol. The molecular formula is C13H18N6O. The number of nitrogens with one attached hydrogen (secondary N) is 1. The first-order chi connectivity index (χ1) is 9.54. The quantitative estimate of drug-likeness (QED) is 0.889. The summed E-state index contributed by atoms with van der Waals surface area (Å²) in [6.07, 6.45) is 0. The molecule has 0 fully saturated rings. The van der Waals surface area contributed by atoms with Crippen molar-refractivity contribution in [1.82, 2.24) is 29.9 Å². The molecule has 0 atom stereocenters. The molecule has 0 radical (unpaired) electrons. The second kappa shape index (κ2) is 4.73. The van der Waals surface area contributed by atoms with E-state index < -0.39 is 0 Å². The van der Waals surface area contributed by atoms with Crippen LogP contribution in [0.3, 0.4) is 0 Å². The maximum Gasteiger partial charge on any atom is 0.274 e. The third-order valence-corrected chi connectivity index (χ3v) is 3.49. The molecule has 2 aromatic heterocycles. The molecule has 1 N–H and O–H groups in total. The summed E-state index contributed by atoms with van der Waals surface area (Å²) >= 11 is 0. The molecule has 106 valence electrons. The van der Waals surface area contributed by atoms with Gasteiger partial charge >= 0.3 is 0 Å². The Morgan fingerprint density at radius 2 is 2.20 bits per heavy atom. The van der Waals surface area contributed by atoms with E-state index in [0.29, 0.717) is 31.2 Å². The molecule has 0 bridgehead atoms. The van der Waals surface area contributed by atoms with Crippen molar-refractivity contribution in [1.29, 1.82) is 0 Å². The average Bonchev–Trinajstić information content (AvgIpc) is 3.02. The van der Waals surface area contributed by atoms with Crippen LogP contribution in [0.5, 0.6) is 0 Å². The van der Waals surface area contributed by atoms with Crippen molar-refractivity contribution >= 4 is 5.91 Å². The van der Waals surface area contributed by atoms with E-state index in [1.165, 1.54) is 0 Å². The fraction of sp³-hybridized carbons (Fsp3) is 0.538. The number of aromatic nitrogens is 5. The SMILES string of the molecule is Cc1nc2n(n1)CCN(C(=O)c1cc(C(C)C)[nH]n1)C2. The van der Waals surface area contributed by atoms with E-state index >= 15 is 0 Å². The van der Waals surface area contributed by atoms with Gasteiger partial charge in [-0.15, -0.1) is 0 Å². The first kappa shape index (κ1) is 12.8. The largest absolute Gasteiger partial charge is 0.328 e. The lowest BCUT2D eigenvalue weighted by atomic mass is 10.1. The van der Waals surface area contributed by atoms with Crippen molar-refractivity contribution < 1.29 is 4.79 Å². The van der Waals surface area contributed by atoms with Gasteiger partial charge in [0.15, 0.2) is 0 Å². The summed E-state index contributed by atoms with van der Waals surface area (Å²) < 4.78 is 1.86. The zero-order chi connectivity index (χ0) is 14.3. The van der Waals surface area contributed by atoms with Crippen LogP contribution in [0, 0.1) is 6.92 Å². The Labute approximate surface area is 117 Å². The van der Waals surface area contributed by atoms with Crippen LogP contribution in [-0.4, -0.2) is 42.3 Å². The van der Waals surface area contributed by atoms with Gasteiger partial charge in [-0.1, -0.05) is 13.8 Å². The van der Waals surface area contributed by atoms with E-state index in [2.05, 4.69) is 34.1 Å². The van der Waals surface area contributed by atoms with Gasteiger partial charge in [-0.3, -0.25) is 9.89 Å². The van der Waals surface area contributed by atoms with E-state index in [1.54, 1.807) is 4.90 Å². The van der Waals surface area contributed by atoms with Crippen LogP contribution in [0.1, 0.15) is 47.6 Å². The maximum absolute atomic E-state index is 12.4. The monoisotopic (exact) mass is 274 g/mol. The van der Waals surface area contributed by atoms with Gasteiger partial charge < -0.3 is 4.90 Å². The second-order valence-electron chi connectivity index (χ2n) is 5.39. The highest BCUT2D eigenvalue weighted by molar-refractivity contribution is 5.92. The summed E-state index contributed by atoms with van der Waals surface area (Å²) in [5, 5.41) is 11.3. The molecule has 1 aliphatic heterocycles. The molecule has 0 saturated heterocycles. The fourth-order valence-electron chi connectivity index (χ4n) is 2.34. The third kappa shape index (κ3) is 2.19. The molecule has 3 rings (SSSR count). The zero-order valence-electron chi connectivity index (χ0n) is 11.9. The minimum absolute atomic E-state index is 0.0555. The second-order valence-corrected chi connectivity index (χ2v) is 5.39. The predicted molar refractivity (Wildman–Crippen MR) is 72.2 cm³/mol. The maximum atomic E-state index is 12.4. The van der Waals surface area contributed by atoms with Crippen LogP contribution >= 0.6 is 0 Å². The Balaban J connectivity index is 1.78. The summed E-state index contributed by atoms with van der Waals surface area (Å²) in [6, 6.07) is 1.83. The smallest absolute Gasteiger partial charge is 0.274 e. The molecule has 3 heterocycles. The lowest BCUT2D eigenvalue weighted by molar-refractivity contribution is 0.0696. The number of hydrogen-bond donors (Lipinski definition) is 1. The summed E-state index contributed by atoms with van der Waals surface area (Å²) in [5.41, 5.74) is 1.45. The van der Waals surface area contributed by atoms with Gasteiger partial charge in [0.1, 0.15) is 17.3 Å². The van der Waals surface area contributed by atoms with Crippen molar-refractivity contribution in [2.45, 2.75) is 39.8 Å². The first-order valence-electron chi connectivity index (χ1n) is 6.79. The topological polar surface area (TPSA) is 79.7 Å². The minimum Gasteiger partial charge on any atom is -0.328 e. The van der Waals surface area contributed by atoms with Crippen molar-refractivity contribution in [2.24, 2.45) is 0 Å². The molecule has 1 aliphatic rings. The Morgan fingerprint density at radius 1 is 1.40 bits per heavy atom. The Morgan fingerprint density at radius 3 is 2.90 bits per heavy atom. The highest BCUT2D eigenvalue weighted by Gasteiger charge is 2.25. The number of carbonyl (C=O) groups is 1. The fourth-order valence-corrected chi connectivity index (χ4v) is 2.34. The highest BCUT2D eigenvalue weighted by atomic mass is 16.2. The number of aryl methyl sites for hydroxylation is 1. The first-order valence-corrected chi connectivity index (χ1v) is 6.79. The summed E-state index contributed by atoms with van der Waals surface area (Å²) in [5.74, 6) is 1.86. The van der Waals surface area contributed by atoms with Crippen LogP contribution < -0.4 is 0 Å². The van der Waals surface area contributed by atoms with E-state index in [-0.39, 0.29) is 5.91 Å². The van der Waals surface area contributed by atoms with Crippen molar-refractivity contribution in [3.05, 3.63) is 29.1 Å². The molecule has 7 heteroatoms. The van der Waals surface area contributed by atoms with E-state index in [9.17, 15) is 4.79 Å². The Hall–Kier alpha value is -2.18. The summed E-state index contributed by atoms with van der Waals surface area (Å²) in [6.45, 7) is 7.80. The van der Waals surface area contributed by atoms with Crippen LogP contribution in [0.4, 0.5) is 0 Å². The van der Waals surface area contributed by atoms with Gasteiger partial charge in [0.2, 0.25) is 0 Å². The lowest BCUT2D eigenvalue weighted by Crippen LogP contribution is -2.38. The Kier molecular flexibility index (Phi) is 3.04. The molecule has 0 saturated carbocycles. The highest BCUT2D eigenvalue weighted by Crippen LogP contribution is 2.16. The van der Waals surface area contributed by atoms with E-state index in [0.717, 1.165) is 17.3 Å². The van der Waals surface area contributed by atoms with Gasteiger partial charge in [0.25, 0.3) is 5.91 Å². The Bertz CT molecular complexity index is 641. The van der Waals surface area contributed by atoms with Gasteiger partial charge in [-0.25, -0.2) is 9.67 Å². The lowest BCUT2D eigenvalue weighted by Gasteiger charge is -2.25. The molecule has 1 amide bonds. The van der Waals surface area contributed by atoms with E-state index in [1.807, 2.05) is 17.7 Å². The molecule has 0 aliphatic carbocycles. The number of aromatic amines is 1.